The molecule has 2 saturated carbocycles. The molecule has 2 fully saturated rings. The third-order valence-corrected chi connectivity index (χ3v) is 4.09. The van der Waals surface area contributed by atoms with Crippen LogP contribution in [0.3, 0.4) is 0 Å². The van der Waals surface area contributed by atoms with E-state index in [0.717, 1.165) is 25.7 Å². The molecule has 3 nitrogen and oxygen atoms in total. The molecule has 14 heavy (non-hydrogen) atoms. The van der Waals surface area contributed by atoms with E-state index in [0.29, 0.717) is 12.8 Å². The van der Waals surface area contributed by atoms with Gasteiger partial charge in [-0.2, -0.15) is 0 Å². The molecule has 0 aromatic rings. The first-order chi connectivity index (χ1) is 6.71. The normalized spacial score (nSPS) is 43.4. The van der Waals surface area contributed by atoms with E-state index in [2.05, 4.69) is 0 Å². The van der Waals surface area contributed by atoms with Crippen LogP contribution in [0.5, 0.6) is 0 Å². The number of fused-ring (bicyclic) bond motifs is 1. The topological polar surface area (TPSA) is 57.5 Å². The standard InChI is InChI=1S/C11H18O3/c12-7-11-8(3-1-5-9(11)13)4-2-6-10(11)14/h8-9,12-13H,1-7H2. The van der Waals surface area contributed by atoms with Gasteiger partial charge in [-0.15, -0.1) is 0 Å². The second kappa shape index (κ2) is 3.63. The molecular formula is C11H18O3. The summed E-state index contributed by atoms with van der Waals surface area (Å²) in [6, 6.07) is 0. The van der Waals surface area contributed by atoms with Crippen LogP contribution in [0.1, 0.15) is 38.5 Å². The molecule has 2 aliphatic rings. The van der Waals surface area contributed by atoms with Gasteiger partial charge in [0.1, 0.15) is 5.78 Å². The summed E-state index contributed by atoms with van der Waals surface area (Å²) >= 11 is 0. The summed E-state index contributed by atoms with van der Waals surface area (Å²) in [5.41, 5.74) is -0.795. The second-order valence-electron chi connectivity index (χ2n) is 4.66. The molecule has 2 N–H and O–H groups in total. The summed E-state index contributed by atoms with van der Waals surface area (Å²) in [6.45, 7) is -0.169. The number of Topliss-reactive ketones (excluding diaryl/α,β-unsaturated/α-hetero) is 1. The first kappa shape index (κ1) is 10.1. The highest BCUT2D eigenvalue weighted by Gasteiger charge is 2.53. The molecule has 3 heteroatoms. The summed E-state index contributed by atoms with van der Waals surface area (Å²) in [4.78, 5) is 11.9. The van der Waals surface area contributed by atoms with Crippen molar-refractivity contribution in [2.45, 2.75) is 44.6 Å². The third kappa shape index (κ3) is 1.22. The van der Waals surface area contributed by atoms with E-state index < -0.39 is 11.5 Å². The number of hydrogen-bond donors (Lipinski definition) is 2. The van der Waals surface area contributed by atoms with E-state index in [-0.39, 0.29) is 18.3 Å². The molecule has 3 unspecified atom stereocenters. The van der Waals surface area contributed by atoms with Gasteiger partial charge in [-0.1, -0.05) is 6.42 Å². The predicted molar refractivity (Wildman–Crippen MR) is 51.7 cm³/mol. The first-order valence-corrected chi connectivity index (χ1v) is 5.54. The van der Waals surface area contributed by atoms with Crippen LogP contribution in [0.4, 0.5) is 0 Å². The van der Waals surface area contributed by atoms with Crippen molar-refractivity contribution in [2.75, 3.05) is 6.61 Å². The number of hydrogen-bond acceptors (Lipinski definition) is 3. The van der Waals surface area contributed by atoms with Gasteiger partial charge < -0.3 is 10.2 Å². The van der Waals surface area contributed by atoms with Gasteiger partial charge in [0.15, 0.2) is 0 Å². The Bertz CT molecular complexity index is 237. The maximum Gasteiger partial charge on any atom is 0.144 e. The molecule has 0 aromatic heterocycles. The van der Waals surface area contributed by atoms with Crippen LogP contribution in [0, 0.1) is 11.3 Å². The van der Waals surface area contributed by atoms with Crippen molar-refractivity contribution in [3.8, 4) is 0 Å². The number of aliphatic hydroxyl groups is 2. The molecule has 2 rings (SSSR count). The Morgan fingerprint density at radius 1 is 1.29 bits per heavy atom. The van der Waals surface area contributed by atoms with Crippen LogP contribution in [-0.2, 0) is 4.79 Å². The third-order valence-electron chi connectivity index (χ3n) is 4.09. The Kier molecular flexibility index (Phi) is 2.62. The summed E-state index contributed by atoms with van der Waals surface area (Å²) in [6.07, 6.45) is 4.49. The zero-order valence-electron chi connectivity index (χ0n) is 8.41. The van der Waals surface area contributed by atoms with Gasteiger partial charge in [-0.3, -0.25) is 4.79 Å². The van der Waals surface area contributed by atoms with Crippen molar-refractivity contribution in [3.63, 3.8) is 0 Å². The van der Waals surface area contributed by atoms with Gasteiger partial charge >= 0.3 is 0 Å². The van der Waals surface area contributed by atoms with E-state index in [1.807, 2.05) is 0 Å². The van der Waals surface area contributed by atoms with Gasteiger partial charge in [0, 0.05) is 6.42 Å². The van der Waals surface area contributed by atoms with Crippen molar-refractivity contribution in [3.05, 3.63) is 0 Å². The maximum absolute atomic E-state index is 11.9. The Labute approximate surface area is 84.1 Å². The van der Waals surface area contributed by atoms with E-state index >= 15 is 0 Å². The highest BCUT2D eigenvalue weighted by atomic mass is 16.3. The summed E-state index contributed by atoms with van der Waals surface area (Å²) < 4.78 is 0. The average Bonchev–Trinajstić information content (AvgIpc) is 2.19. The minimum Gasteiger partial charge on any atom is -0.395 e. The number of rotatable bonds is 1. The maximum atomic E-state index is 11.9. The minimum absolute atomic E-state index is 0.0865. The van der Waals surface area contributed by atoms with E-state index in [9.17, 15) is 15.0 Å². The number of ketones is 1. The second-order valence-corrected chi connectivity index (χ2v) is 4.66. The van der Waals surface area contributed by atoms with Gasteiger partial charge in [0.25, 0.3) is 0 Å². The van der Waals surface area contributed by atoms with E-state index in [1.165, 1.54) is 0 Å². The van der Waals surface area contributed by atoms with Gasteiger partial charge in [-0.25, -0.2) is 0 Å². The summed E-state index contributed by atoms with van der Waals surface area (Å²) in [5, 5.41) is 19.4. The lowest BCUT2D eigenvalue weighted by Gasteiger charge is -2.47. The Morgan fingerprint density at radius 3 is 2.64 bits per heavy atom. The Morgan fingerprint density at radius 2 is 2.00 bits per heavy atom. The van der Waals surface area contributed by atoms with Crippen molar-refractivity contribution in [1.82, 2.24) is 0 Å². The highest BCUT2D eigenvalue weighted by molar-refractivity contribution is 5.86. The number of aliphatic hydroxyl groups excluding tert-OH is 2. The number of carbonyl (C=O) groups excluding carboxylic acids is 1. The summed E-state index contributed by atoms with van der Waals surface area (Å²) in [7, 11) is 0. The lowest BCUT2D eigenvalue weighted by molar-refractivity contribution is -0.157. The van der Waals surface area contributed by atoms with Gasteiger partial charge in [0.05, 0.1) is 18.1 Å². The molecule has 0 amide bonds. The van der Waals surface area contributed by atoms with Crippen LogP contribution in [-0.4, -0.2) is 28.7 Å². The predicted octanol–water partition coefficient (Wildman–Crippen LogP) is 0.879. The molecule has 80 valence electrons. The summed E-state index contributed by atoms with van der Waals surface area (Å²) in [5.74, 6) is 0.306. The van der Waals surface area contributed by atoms with Crippen molar-refractivity contribution < 1.29 is 15.0 Å². The fourth-order valence-electron chi connectivity index (χ4n) is 3.22. The molecule has 0 saturated heterocycles. The van der Waals surface area contributed by atoms with Crippen molar-refractivity contribution in [2.24, 2.45) is 11.3 Å². The van der Waals surface area contributed by atoms with Crippen LogP contribution < -0.4 is 0 Å². The zero-order chi connectivity index (χ0) is 10.2. The van der Waals surface area contributed by atoms with Crippen LogP contribution in [0.25, 0.3) is 0 Å². The smallest absolute Gasteiger partial charge is 0.144 e. The highest BCUT2D eigenvalue weighted by Crippen LogP contribution is 2.48. The first-order valence-electron chi connectivity index (χ1n) is 5.54. The Balaban J connectivity index is 2.31. The van der Waals surface area contributed by atoms with Crippen molar-refractivity contribution >= 4 is 5.78 Å². The zero-order valence-corrected chi connectivity index (χ0v) is 8.41. The van der Waals surface area contributed by atoms with Crippen molar-refractivity contribution in [1.29, 1.82) is 0 Å². The Hall–Kier alpha value is -0.410. The van der Waals surface area contributed by atoms with Crippen LogP contribution >= 0.6 is 0 Å². The fourth-order valence-corrected chi connectivity index (χ4v) is 3.22. The average molecular weight is 198 g/mol. The lowest BCUT2D eigenvalue weighted by atomic mass is 9.58. The van der Waals surface area contributed by atoms with E-state index in [4.69, 9.17) is 0 Å². The number of carbonyl (C=O) groups is 1. The molecule has 0 aromatic carbocycles. The molecule has 0 radical (unpaired) electrons. The molecular weight excluding hydrogens is 180 g/mol. The fraction of sp³-hybridized carbons (Fsp3) is 0.909. The monoisotopic (exact) mass is 198 g/mol. The molecule has 2 aliphatic carbocycles. The van der Waals surface area contributed by atoms with Crippen LogP contribution in [0.15, 0.2) is 0 Å². The van der Waals surface area contributed by atoms with Gasteiger partial charge in [0.2, 0.25) is 0 Å². The molecule has 0 bridgehead atoms. The van der Waals surface area contributed by atoms with Crippen LogP contribution in [0.2, 0.25) is 0 Å². The molecule has 3 atom stereocenters. The lowest BCUT2D eigenvalue weighted by Crippen LogP contribution is -2.55. The minimum atomic E-state index is -0.795. The molecule has 0 aliphatic heterocycles. The quantitative estimate of drug-likeness (QED) is 0.657. The largest absolute Gasteiger partial charge is 0.395 e. The van der Waals surface area contributed by atoms with Gasteiger partial charge in [-0.05, 0) is 31.6 Å². The van der Waals surface area contributed by atoms with E-state index in [1.54, 1.807) is 0 Å². The molecule has 0 spiro atoms. The SMILES string of the molecule is O=C1CCCC2CCCC(O)C12CO. The molecule has 0 heterocycles.